The molecule has 21 heavy (non-hydrogen) atoms. The Morgan fingerprint density at radius 2 is 1.38 bits per heavy atom. The summed E-state index contributed by atoms with van der Waals surface area (Å²) < 4.78 is 0. The molecule has 4 nitrogen and oxygen atoms in total. The Labute approximate surface area is 128 Å². The van der Waals surface area contributed by atoms with Gasteiger partial charge in [0, 0.05) is 0 Å². The molecule has 0 N–H and O–H groups in total. The van der Waals surface area contributed by atoms with Gasteiger partial charge in [0.1, 0.15) is 12.7 Å². The van der Waals surface area contributed by atoms with Gasteiger partial charge in [0.05, 0.1) is 11.2 Å². The summed E-state index contributed by atoms with van der Waals surface area (Å²) in [7, 11) is 0. The van der Waals surface area contributed by atoms with E-state index in [4.69, 9.17) is 19.6 Å². The SMILES string of the molecule is Cc1ccc(C(COOC(C)(C)C)OOC(C)(C)C)cc1. The molecule has 0 bridgehead atoms. The molecule has 0 radical (unpaired) electrons. The lowest BCUT2D eigenvalue weighted by Gasteiger charge is -2.24. The van der Waals surface area contributed by atoms with E-state index in [9.17, 15) is 0 Å². The smallest absolute Gasteiger partial charge is 0.144 e. The van der Waals surface area contributed by atoms with Gasteiger partial charge in [-0.25, -0.2) is 19.6 Å². The van der Waals surface area contributed by atoms with E-state index in [1.807, 2.05) is 72.7 Å². The maximum absolute atomic E-state index is 5.54. The third kappa shape index (κ3) is 8.17. The fourth-order valence-electron chi connectivity index (χ4n) is 1.44. The lowest BCUT2D eigenvalue weighted by Crippen LogP contribution is -2.25. The Morgan fingerprint density at radius 3 is 1.86 bits per heavy atom. The molecule has 1 rings (SSSR count). The largest absolute Gasteiger partial charge is 0.233 e. The summed E-state index contributed by atoms with van der Waals surface area (Å²) in [6.45, 7) is 13.9. The van der Waals surface area contributed by atoms with Gasteiger partial charge in [0.25, 0.3) is 0 Å². The maximum atomic E-state index is 5.54. The van der Waals surface area contributed by atoms with Gasteiger partial charge in [-0.05, 0) is 54.0 Å². The van der Waals surface area contributed by atoms with Crippen molar-refractivity contribution in [1.29, 1.82) is 0 Å². The van der Waals surface area contributed by atoms with Crippen LogP contribution in [0.3, 0.4) is 0 Å². The van der Waals surface area contributed by atoms with Crippen LogP contribution in [0, 0.1) is 6.92 Å². The second-order valence-corrected chi connectivity index (χ2v) is 7.17. The van der Waals surface area contributed by atoms with Crippen LogP contribution in [-0.4, -0.2) is 17.8 Å². The molecule has 4 heteroatoms. The van der Waals surface area contributed by atoms with Crippen LogP contribution in [0.1, 0.15) is 58.8 Å². The molecule has 0 aliphatic carbocycles. The summed E-state index contributed by atoms with van der Waals surface area (Å²) in [5, 5.41) is 0. The van der Waals surface area contributed by atoms with E-state index in [1.54, 1.807) is 0 Å². The van der Waals surface area contributed by atoms with Crippen LogP contribution in [-0.2, 0) is 19.6 Å². The Bertz CT molecular complexity index is 412. The van der Waals surface area contributed by atoms with E-state index in [1.165, 1.54) is 5.56 Å². The summed E-state index contributed by atoms with van der Waals surface area (Å²) in [5.41, 5.74) is 1.44. The molecule has 0 amide bonds. The molecule has 0 fully saturated rings. The highest BCUT2D eigenvalue weighted by Crippen LogP contribution is 2.22. The van der Waals surface area contributed by atoms with E-state index in [-0.39, 0.29) is 23.9 Å². The Kier molecular flexibility index (Phi) is 6.35. The average molecular weight is 296 g/mol. The molecule has 0 spiro atoms. The minimum absolute atomic E-state index is 0.260. The zero-order chi connectivity index (χ0) is 16.1. The van der Waals surface area contributed by atoms with Gasteiger partial charge in [-0.15, -0.1) is 0 Å². The lowest BCUT2D eigenvalue weighted by molar-refractivity contribution is -0.412. The van der Waals surface area contributed by atoms with E-state index < -0.39 is 0 Å². The fourth-order valence-corrected chi connectivity index (χ4v) is 1.44. The first kappa shape index (κ1) is 18.1. The quantitative estimate of drug-likeness (QED) is 0.571. The van der Waals surface area contributed by atoms with Crippen molar-refractivity contribution in [3.8, 4) is 0 Å². The molecule has 1 unspecified atom stereocenters. The van der Waals surface area contributed by atoms with Gasteiger partial charge in [-0.1, -0.05) is 29.8 Å². The van der Waals surface area contributed by atoms with Crippen molar-refractivity contribution in [2.45, 2.75) is 65.8 Å². The number of hydrogen-bond donors (Lipinski definition) is 0. The van der Waals surface area contributed by atoms with Crippen molar-refractivity contribution in [3.05, 3.63) is 35.4 Å². The number of benzene rings is 1. The normalized spacial score (nSPS) is 14.2. The Hall–Kier alpha value is -0.940. The second-order valence-electron chi connectivity index (χ2n) is 7.17. The minimum atomic E-state index is -0.381. The first-order valence-electron chi connectivity index (χ1n) is 7.28. The third-order valence-corrected chi connectivity index (χ3v) is 2.39. The molecule has 1 aromatic rings. The van der Waals surface area contributed by atoms with Crippen molar-refractivity contribution < 1.29 is 19.6 Å². The van der Waals surface area contributed by atoms with Crippen LogP contribution in [0.25, 0.3) is 0 Å². The van der Waals surface area contributed by atoms with Gasteiger partial charge in [0.2, 0.25) is 0 Å². The zero-order valence-electron chi connectivity index (χ0n) is 14.2. The molecule has 120 valence electrons. The van der Waals surface area contributed by atoms with Crippen molar-refractivity contribution >= 4 is 0 Å². The highest BCUT2D eigenvalue weighted by Gasteiger charge is 2.21. The zero-order valence-corrected chi connectivity index (χ0v) is 14.2. The second kappa shape index (κ2) is 7.36. The predicted molar refractivity (Wildman–Crippen MR) is 82.6 cm³/mol. The van der Waals surface area contributed by atoms with E-state index >= 15 is 0 Å². The number of rotatable bonds is 6. The van der Waals surface area contributed by atoms with Gasteiger partial charge >= 0.3 is 0 Å². The monoisotopic (exact) mass is 296 g/mol. The van der Waals surface area contributed by atoms with Crippen LogP contribution in [0.4, 0.5) is 0 Å². The van der Waals surface area contributed by atoms with Gasteiger partial charge in [0.15, 0.2) is 0 Å². The number of hydrogen-bond acceptors (Lipinski definition) is 4. The van der Waals surface area contributed by atoms with Crippen molar-refractivity contribution in [1.82, 2.24) is 0 Å². The predicted octanol–water partition coefficient (Wildman–Crippen LogP) is 4.53. The van der Waals surface area contributed by atoms with E-state index in [0.29, 0.717) is 0 Å². The van der Waals surface area contributed by atoms with E-state index in [0.717, 1.165) is 5.56 Å². The lowest BCUT2D eigenvalue weighted by atomic mass is 10.1. The molecule has 0 saturated carbocycles. The van der Waals surface area contributed by atoms with Crippen molar-refractivity contribution in [2.75, 3.05) is 6.61 Å². The molecule has 0 heterocycles. The summed E-state index contributed by atoms with van der Waals surface area (Å²) >= 11 is 0. The Balaban J connectivity index is 2.67. The highest BCUT2D eigenvalue weighted by molar-refractivity contribution is 5.23. The third-order valence-electron chi connectivity index (χ3n) is 2.39. The maximum Gasteiger partial charge on any atom is 0.144 e. The number of aryl methyl sites for hydroxylation is 1. The van der Waals surface area contributed by atoms with Crippen molar-refractivity contribution in [2.24, 2.45) is 0 Å². The standard InChI is InChI=1S/C17H28O4/c1-13-8-10-14(11-9-13)15(19-21-17(5,6)7)12-18-20-16(2,3)4/h8-11,15H,12H2,1-7H3. The first-order valence-corrected chi connectivity index (χ1v) is 7.28. The van der Waals surface area contributed by atoms with Gasteiger partial charge < -0.3 is 0 Å². The molecule has 0 aromatic heterocycles. The molecular formula is C17H28O4. The molecule has 0 saturated heterocycles. The topological polar surface area (TPSA) is 36.9 Å². The molecule has 1 atom stereocenters. The van der Waals surface area contributed by atoms with E-state index in [2.05, 4.69) is 0 Å². The molecule has 0 aliphatic rings. The van der Waals surface area contributed by atoms with Crippen LogP contribution in [0.2, 0.25) is 0 Å². The molecular weight excluding hydrogens is 268 g/mol. The van der Waals surface area contributed by atoms with Gasteiger partial charge in [-0.3, -0.25) is 0 Å². The summed E-state index contributed by atoms with van der Waals surface area (Å²) in [5.74, 6) is 0. The first-order chi connectivity index (χ1) is 9.57. The van der Waals surface area contributed by atoms with Crippen LogP contribution in [0.15, 0.2) is 24.3 Å². The summed E-state index contributed by atoms with van der Waals surface area (Å²) in [6.07, 6.45) is -0.341. The summed E-state index contributed by atoms with van der Waals surface area (Å²) in [4.78, 5) is 21.6. The molecule has 1 aromatic carbocycles. The minimum Gasteiger partial charge on any atom is -0.233 e. The van der Waals surface area contributed by atoms with Crippen molar-refractivity contribution in [3.63, 3.8) is 0 Å². The highest BCUT2D eigenvalue weighted by atomic mass is 17.2. The molecule has 0 aliphatic heterocycles. The Morgan fingerprint density at radius 1 is 0.857 bits per heavy atom. The average Bonchev–Trinajstić information content (AvgIpc) is 2.32. The van der Waals surface area contributed by atoms with Crippen LogP contribution >= 0.6 is 0 Å². The van der Waals surface area contributed by atoms with Crippen LogP contribution < -0.4 is 0 Å². The van der Waals surface area contributed by atoms with Crippen LogP contribution in [0.5, 0.6) is 0 Å². The van der Waals surface area contributed by atoms with Gasteiger partial charge in [-0.2, -0.15) is 0 Å². The fraction of sp³-hybridized carbons (Fsp3) is 0.647. The summed E-state index contributed by atoms with van der Waals surface area (Å²) in [6, 6.07) is 8.08.